The second-order valence-electron chi connectivity index (χ2n) is 9.08. The molecule has 0 aliphatic carbocycles. The Hall–Kier alpha value is -3.60. The molecule has 2 amide bonds. The molecule has 2 aromatic rings. The highest BCUT2D eigenvalue weighted by molar-refractivity contribution is 7.89. The third kappa shape index (κ3) is 8.47. The molecule has 3 N–H and O–H groups in total. The van der Waals surface area contributed by atoms with Crippen molar-refractivity contribution >= 4 is 28.1 Å². The van der Waals surface area contributed by atoms with E-state index in [2.05, 4.69) is 46.1 Å². The van der Waals surface area contributed by atoms with Crippen LogP contribution in [0.2, 0.25) is 0 Å². The Labute approximate surface area is 224 Å². The number of benzene rings is 2. The molecule has 1 fully saturated rings. The molecule has 0 bridgehead atoms. The highest BCUT2D eigenvalue weighted by atomic mass is 32.2. The smallest absolute Gasteiger partial charge is 0.253 e. The maximum absolute atomic E-state index is 13.1. The summed E-state index contributed by atoms with van der Waals surface area (Å²) < 4.78 is 22.6. The van der Waals surface area contributed by atoms with Crippen LogP contribution in [-0.4, -0.2) is 81.3 Å². The van der Waals surface area contributed by atoms with E-state index in [9.17, 15) is 18.0 Å². The van der Waals surface area contributed by atoms with Crippen molar-refractivity contribution in [2.24, 2.45) is 10.1 Å². The van der Waals surface area contributed by atoms with Crippen LogP contribution in [0.15, 0.2) is 90.0 Å². The molecule has 1 aliphatic heterocycles. The minimum Gasteiger partial charge on any atom is -0.354 e. The first-order valence-corrected chi connectivity index (χ1v) is 14.1. The Morgan fingerprint density at radius 2 is 1.71 bits per heavy atom. The summed E-state index contributed by atoms with van der Waals surface area (Å²) in [5, 5.41) is 7.91. The molecule has 9 nitrogen and oxygen atoms in total. The van der Waals surface area contributed by atoms with Gasteiger partial charge in [-0.3, -0.25) is 19.5 Å². The normalized spacial score (nSPS) is 16.8. The van der Waals surface area contributed by atoms with Gasteiger partial charge in [0.2, 0.25) is 15.9 Å². The largest absolute Gasteiger partial charge is 0.354 e. The van der Waals surface area contributed by atoms with Crippen LogP contribution in [0.1, 0.15) is 23.6 Å². The number of hydrogen-bond donors (Lipinski definition) is 2. The first kappa shape index (κ1) is 29.0. The van der Waals surface area contributed by atoms with E-state index in [0.29, 0.717) is 25.2 Å². The Balaban J connectivity index is 1.87. The van der Waals surface area contributed by atoms with Crippen LogP contribution in [0.3, 0.4) is 0 Å². The minimum atomic E-state index is -3.75. The summed E-state index contributed by atoms with van der Waals surface area (Å²) in [4.78, 5) is 33.5. The van der Waals surface area contributed by atoms with Crippen LogP contribution in [0, 0.1) is 0 Å². The van der Waals surface area contributed by atoms with E-state index >= 15 is 0 Å². The third-order valence-electron chi connectivity index (χ3n) is 6.33. The molecule has 0 spiro atoms. The van der Waals surface area contributed by atoms with E-state index < -0.39 is 21.7 Å². The van der Waals surface area contributed by atoms with Gasteiger partial charge in [-0.15, -0.1) is 0 Å². The van der Waals surface area contributed by atoms with Gasteiger partial charge in [-0.05, 0) is 23.3 Å². The summed E-state index contributed by atoms with van der Waals surface area (Å²) >= 11 is 0. The summed E-state index contributed by atoms with van der Waals surface area (Å²) in [5.74, 6) is -1.03. The number of nitrogens with one attached hydrogen (secondary N) is 1. The number of rotatable bonds is 11. The van der Waals surface area contributed by atoms with Crippen LogP contribution in [-0.2, 0) is 19.6 Å². The van der Waals surface area contributed by atoms with Crippen molar-refractivity contribution in [1.82, 2.24) is 15.1 Å². The van der Waals surface area contributed by atoms with E-state index in [1.807, 2.05) is 36.4 Å². The number of carbonyl (C=O) groups excluding carboxylic acids is 2. The maximum Gasteiger partial charge on any atom is 0.253 e. The summed E-state index contributed by atoms with van der Waals surface area (Å²) in [6.45, 7) is 5.54. The number of sulfonamides is 1. The van der Waals surface area contributed by atoms with Crippen molar-refractivity contribution in [2.75, 3.05) is 39.0 Å². The second kappa shape index (κ2) is 13.8. The quantitative estimate of drug-likeness (QED) is 0.257. The van der Waals surface area contributed by atoms with Crippen molar-refractivity contribution in [2.45, 2.75) is 18.5 Å². The molecule has 10 heteroatoms. The molecule has 1 aliphatic rings. The zero-order valence-corrected chi connectivity index (χ0v) is 22.4. The lowest BCUT2D eigenvalue weighted by Gasteiger charge is -2.45. The number of nitrogens with two attached hydrogens (primary N) is 1. The molecule has 2 aromatic carbocycles. The Bertz CT molecular complexity index is 1220. The summed E-state index contributed by atoms with van der Waals surface area (Å²) in [6.07, 6.45) is 4.65. The van der Waals surface area contributed by atoms with Gasteiger partial charge in [0.15, 0.2) is 0 Å². The fourth-order valence-electron chi connectivity index (χ4n) is 4.50. The highest BCUT2D eigenvalue weighted by Crippen LogP contribution is 2.32. The van der Waals surface area contributed by atoms with Gasteiger partial charge in [-0.2, -0.15) is 0 Å². The summed E-state index contributed by atoms with van der Waals surface area (Å²) in [7, 11) is -2.10. The van der Waals surface area contributed by atoms with Crippen LogP contribution >= 0.6 is 0 Å². The Morgan fingerprint density at radius 3 is 2.26 bits per heavy atom. The average Bonchev–Trinajstić information content (AvgIpc) is 2.92. The monoisotopic (exact) mass is 537 g/mol. The van der Waals surface area contributed by atoms with Crippen LogP contribution < -0.4 is 10.5 Å². The predicted octanol–water partition coefficient (Wildman–Crippen LogP) is 1.90. The number of aliphatic imine (C=N–C) groups is 1. The maximum atomic E-state index is 13.1. The van der Waals surface area contributed by atoms with Gasteiger partial charge in [0.05, 0.1) is 11.8 Å². The number of carbonyl (C=O) groups is 2. The minimum absolute atomic E-state index is 0.107. The molecular weight excluding hydrogens is 502 g/mol. The van der Waals surface area contributed by atoms with Crippen LogP contribution in [0.5, 0.6) is 0 Å². The molecule has 0 aromatic heterocycles. The van der Waals surface area contributed by atoms with Gasteiger partial charge in [-0.25, -0.2) is 13.6 Å². The van der Waals surface area contributed by atoms with Crippen molar-refractivity contribution < 1.29 is 18.0 Å². The molecule has 202 valence electrons. The molecule has 1 atom stereocenters. The number of nitrogens with zero attached hydrogens (tertiary/aromatic N) is 3. The van der Waals surface area contributed by atoms with Gasteiger partial charge in [0, 0.05) is 57.5 Å². The van der Waals surface area contributed by atoms with E-state index in [0.717, 1.165) is 11.1 Å². The fraction of sp³-hybridized carbons (Fsp3) is 0.321. The number of allylic oxidation sites excluding steroid dienone is 1. The summed E-state index contributed by atoms with van der Waals surface area (Å²) in [6, 6.07) is 19.8. The Morgan fingerprint density at radius 1 is 1.11 bits per heavy atom. The molecule has 1 saturated heterocycles. The topological polar surface area (TPSA) is 125 Å². The first-order chi connectivity index (χ1) is 18.2. The van der Waals surface area contributed by atoms with Gasteiger partial charge in [0.25, 0.3) is 5.91 Å². The zero-order chi connectivity index (χ0) is 27.5. The molecular formula is C28H35N5O4S. The van der Waals surface area contributed by atoms with Gasteiger partial charge < -0.3 is 10.2 Å². The van der Waals surface area contributed by atoms with Crippen molar-refractivity contribution in [3.8, 4) is 0 Å². The van der Waals surface area contributed by atoms with Crippen molar-refractivity contribution in [3.05, 3.63) is 96.1 Å². The average molecular weight is 538 g/mol. The molecule has 38 heavy (non-hydrogen) atoms. The molecule has 3 rings (SSSR count). The number of amides is 2. The highest BCUT2D eigenvalue weighted by Gasteiger charge is 2.35. The van der Waals surface area contributed by atoms with Gasteiger partial charge in [-0.1, -0.05) is 67.2 Å². The fourth-order valence-corrected chi connectivity index (χ4v) is 4.97. The lowest BCUT2D eigenvalue weighted by atomic mass is 9.94. The predicted molar refractivity (Wildman–Crippen MR) is 150 cm³/mol. The van der Waals surface area contributed by atoms with E-state index in [4.69, 9.17) is 5.14 Å². The van der Waals surface area contributed by atoms with Gasteiger partial charge in [0.1, 0.15) is 0 Å². The lowest BCUT2D eigenvalue weighted by molar-refractivity contribution is -0.130. The molecule has 0 saturated carbocycles. The molecule has 0 radical (unpaired) electrons. The first-order valence-electron chi connectivity index (χ1n) is 12.4. The molecule has 1 unspecified atom stereocenters. The van der Waals surface area contributed by atoms with E-state index in [1.165, 1.54) is 0 Å². The second-order valence-corrected chi connectivity index (χ2v) is 10.8. The van der Waals surface area contributed by atoms with E-state index in [-0.39, 0.29) is 31.0 Å². The lowest BCUT2D eigenvalue weighted by Crippen LogP contribution is -2.59. The number of piperazine rings is 1. The zero-order valence-electron chi connectivity index (χ0n) is 21.6. The van der Waals surface area contributed by atoms with Crippen LogP contribution in [0.4, 0.5) is 0 Å². The van der Waals surface area contributed by atoms with Crippen LogP contribution in [0.25, 0.3) is 0 Å². The molecule has 1 heterocycles. The SMILES string of the molecule is C=C(/C=C\C=NC)C(=O)N1CCN(C(c2ccccc2)c2ccccc2)C(CNC(=O)CCS(N)(=O)=O)C1. The van der Waals surface area contributed by atoms with Crippen molar-refractivity contribution in [1.29, 1.82) is 0 Å². The number of primary sulfonamides is 1. The van der Waals surface area contributed by atoms with Crippen molar-refractivity contribution in [3.63, 3.8) is 0 Å². The summed E-state index contributed by atoms with van der Waals surface area (Å²) in [5.41, 5.74) is 2.53. The Kier molecular flexibility index (Phi) is 10.5. The van der Waals surface area contributed by atoms with Gasteiger partial charge >= 0.3 is 0 Å². The number of hydrogen-bond acceptors (Lipinski definition) is 6. The standard InChI is InChI=1S/C28H35N5O4S/c1-22(10-9-16-30-2)28(35)32-17-18-33(25(21-32)20-31-26(34)15-19-38(29,36)37)27(23-11-5-3-6-12-23)24-13-7-4-8-14-24/h3-14,16,25,27H,1,15,17-21H2,2H3,(H,31,34)(H2,29,36,37)/b10-9-,30-16?. The third-order valence-corrected chi connectivity index (χ3v) is 7.11. The van der Waals surface area contributed by atoms with E-state index in [1.54, 1.807) is 30.3 Å².